The Morgan fingerprint density at radius 3 is 2.91 bits per heavy atom. The van der Waals surface area contributed by atoms with E-state index in [4.69, 9.17) is 0 Å². The van der Waals surface area contributed by atoms with Crippen LogP contribution in [0.3, 0.4) is 0 Å². The highest BCUT2D eigenvalue weighted by Gasteiger charge is 2.40. The first kappa shape index (κ1) is 15.8. The molecule has 1 aliphatic heterocycles. The highest BCUT2D eigenvalue weighted by atomic mass is 16.3. The van der Waals surface area contributed by atoms with E-state index in [2.05, 4.69) is 5.32 Å². The first-order chi connectivity index (χ1) is 11.0. The lowest BCUT2D eigenvalue weighted by Crippen LogP contribution is -2.38. The molecular formula is C18H24N2O3. The monoisotopic (exact) mass is 316 g/mol. The molecule has 1 aromatic carbocycles. The number of phenolic OH excluding ortho intramolecular Hbond substituents is 1. The molecule has 5 nitrogen and oxygen atoms in total. The Morgan fingerprint density at radius 2 is 2.13 bits per heavy atom. The van der Waals surface area contributed by atoms with E-state index in [0.29, 0.717) is 31.1 Å². The summed E-state index contributed by atoms with van der Waals surface area (Å²) in [6.07, 6.45) is 3.61. The van der Waals surface area contributed by atoms with Gasteiger partial charge in [-0.05, 0) is 48.8 Å². The number of nitrogens with one attached hydrogen (secondary N) is 1. The SMILES string of the molecule is CN(C(=O)CCc1cccc(O)c1)[C@H]1C[C@H]2CNC(=O)C[C@H]2C1. The van der Waals surface area contributed by atoms with Crippen LogP contribution in [0.1, 0.15) is 31.2 Å². The molecule has 1 saturated heterocycles. The minimum absolute atomic E-state index is 0.135. The van der Waals surface area contributed by atoms with Crippen molar-refractivity contribution in [2.75, 3.05) is 13.6 Å². The highest BCUT2D eigenvalue weighted by Crippen LogP contribution is 2.38. The predicted molar refractivity (Wildman–Crippen MR) is 86.8 cm³/mol. The van der Waals surface area contributed by atoms with Gasteiger partial charge in [-0.2, -0.15) is 0 Å². The van der Waals surface area contributed by atoms with Gasteiger partial charge in [-0.25, -0.2) is 0 Å². The summed E-state index contributed by atoms with van der Waals surface area (Å²) in [6, 6.07) is 7.30. The van der Waals surface area contributed by atoms with E-state index in [-0.39, 0.29) is 23.6 Å². The third kappa shape index (κ3) is 3.66. The van der Waals surface area contributed by atoms with Crippen LogP contribution in [-0.4, -0.2) is 41.5 Å². The number of piperidine rings is 1. The van der Waals surface area contributed by atoms with Crippen molar-refractivity contribution in [1.29, 1.82) is 0 Å². The zero-order valence-corrected chi connectivity index (χ0v) is 13.5. The van der Waals surface area contributed by atoms with Gasteiger partial charge in [-0.3, -0.25) is 9.59 Å². The minimum Gasteiger partial charge on any atom is -0.508 e. The maximum absolute atomic E-state index is 12.4. The molecule has 0 spiro atoms. The molecular weight excluding hydrogens is 292 g/mol. The number of hydrogen-bond acceptors (Lipinski definition) is 3. The lowest BCUT2D eigenvalue weighted by molar-refractivity contribution is -0.131. The van der Waals surface area contributed by atoms with Gasteiger partial charge in [0.2, 0.25) is 11.8 Å². The van der Waals surface area contributed by atoms with Crippen LogP contribution in [0.4, 0.5) is 0 Å². The molecule has 0 aromatic heterocycles. The van der Waals surface area contributed by atoms with Crippen LogP contribution in [0.25, 0.3) is 0 Å². The molecule has 3 rings (SSSR count). The maximum atomic E-state index is 12.4. The number of hydrogen-bond donors (Lipinski definition) is 2. The number of aromatic hydroxyl groups is 1. The second-order valence-electron chi connectivity index (χ2n) is 6.83. The number of benzene rings is 1. The Hall–Kier alpha value is -2.04. The number of phenols is 1. The van der Waals surface area contributed by atoms with Crippen LogP contribution in [-0.2, 0) is 16.0 Å². The van der Waals surface area contributed by atoms with Crippen molar-refractivity contribution in [3.05, 3.63) is 29.8 Å². The van der Waals surface area contributed by atoms with Crippen molar-refractivity contribution >= 4 is 11.8 Å². The molecule has 2 amide bonds. The summed E-state index contributed by atoms with van der Waals surface area (Å²) < 4.78 is 0. The molecule has 2 aliphatic rings. The lowest BCUT2D eigenvalue weighted by Gasteiger charge is -2.25. The van der Waals surface area contributed by atoms with Crippen molar-refractivity contribution in [2.45, 2.75) is 38.1 Å². The van der Waals surface area contributed by atoms with Gasteiger partial charge in [0.1, 0.15) is 5.75 Å². The first-order valence-electron chi connectivity index (χ1n) is 8.33. The largest absolute Gasteiger partial charge is 0.508 e. The fourth-order valence-electron chi connectivity index (χ4n) is 3.89. The minimum atomic E-state index is 0.135. The molecule has 2 N–H and O–H groups in total. The number of nitrogens with zero attached hydrogens (tertiary/aromatic N) is 1. The maximum Gasteiger partial charge on any atom is 0.222 e. The van der Waals surface area contributed by atoms with E-state index >= 15 is 0 Å². The Bertz CT molecular complexity index is 602. The molecule has 124 valence electrons. The Morgan fingerprint density at radius 1 is 1.35 bits per heavy atom. The molecule has 3 atom stereocenters. The summed E-state index contributed by atoms with van der Waals surface area (Å²) >= 11 is 0. The lowest BCUT2D eigenvalue weighted by atomic mass is 9.89. The molecule has 2 fully saturated rings. The van der Waals surface area contributed by atoms with Gasteiger partial charge >= 0.3 is 0 Å². The summed E-state index contributed by atoms with van der Waals surface area (Å²) in [5.41, 5.74) is 0.974. The summed E-state index contributed by atoms with van der Waals surface area (Å²) in [5.74, 6) is 1.45. The van der Waals surface area contributed by atoms with Crippen LogP contribution in [0.15, 0.2) is 24.3 Å². The van der Waals surface area contributed by atoms with Crippen molar-refractivity contribution in [3.63, 3.8) is 0 Å². The zero-order valence-electron chi connectivity index (χ0n) is 13.5. The Kier molecular flexibility index (Phi) is 4.55. The second-order valence-corrected chi connectivity index (χ2v) is 6.83. The Balaban J connectivity index is 1.52. The predicted octanol–water partition coefficient (Wildman–Crippen LogP) is 1.70. The van der Waals surface area contributed by atoms with Gasteiger partial charge in [-0.15, -0.1) is 0 Å². The van der Waals surface area contributed by atoms with Gasteiger partial charge < -0.3 is 15.3 Å². The smallest absolute Gasteiger partial charge is 0.222 e. The summed E-state index contributed by atoms with van der Waals surface area (Å²) in [4.78, 5) is 25.8. The van der Waals surface area contributed by atoms with Crippen molar-refractivity contribution < 1.29 is 14.7 Å². The van der Waals surface area contributed by atoms with Crippen LogP contribution < -0.4 is 5.32 Å². The standard InChI is InChI=1S/C18H24N2O3/c1-20(15-8-13-10-17(22)19-11-14(13)9-15)18(23)6-5-12-3-2-4-16(21)7-12/h2-4,7,13-15,21H,5-6,8-11H2,1H3,(H,19,22)/t13-,14+,15-/m1/s1. The number of carbonyl (C=O) groups is 2. The second kappa shape index (κ2) is 6.60. The molecule has 1 heterocycles. The van der Waals surface area contributed by atoms with Crippen molar-refractivity contribution in [1.82, 2.24) is 10.2 Å². The van der Waals surface area contributed by atoms with Crippen LogP contribution >= 0.6 is 0 Å². The van der Waals surface area contributed by atoms with Crippen LogP contribution in [0, 0.1) is 11.8 Å². The molecule has 0 radical (unpaired) electrons. The molecule has 5 heteroatoms. The number of rotatable bonds is 4. The average molecular weight is 316 g/mol. The number of aryl methyl sites for hydroxylation is 1. The summed E-state index contributed by atoms with van der Waals surface area (Å²) in [6.45, 7) is 0.755. The fourth-order valence-corrected chi connectivity index (χ4v) is 3.89. The van der Waals surface area contributed by atoms with Gasteiger partial charge in [0, 0.05) is 32.5 Å². The van der Waals surface area contributed by atoms with Gasteiger partial charge in [0.25, 0.3) is 0 Å². The van der Waals surface area contributed by atoms with E-state index < -0.39 is 0 Å². The third-order valence-corrected chi connectivity index (χ3v) is 5.30. The molecule has 0 unspecified atom stereocenters. The first-order valence-corrected chi connectivity index (χ1v) is 8.33. The number of carbonyl (C=O) groups excluding carboxylic acids is 2. The number of fused-ring (bicyclic) bond motifs is 1. The van der Waals surface area contributed by atoms with Crippen molar-refractivity contribution in [3.8, 4) is 5.75 Å². The van der Waals surface area contributed by atoms with Crippen LogP contribution in [0.5, 0.6) is 5.75 Å². The molecule has 23 heavy (non-hydrogen) atoms. The Labute approximate surface area is 136 Å². The zero-order chi connectivity index (χ0) is 16.4. The van der Waals surface area contributed by atoms with Gasteiger partial charge in [-0.1, -0.05) is 12.1 Å². The molecule has 1 aromatic rings. The number of amides is 2. The molecule has 0 bridgehead atoms. The highest BCUT2D eigenvalue weighted by molar-refractivity contribution is 5.78. The fraction of sp³-hybridized carbons (Fsp3) is 0.556. The van der Waals surface area contributed by atoms with Crippen molar-refractivity contribution in [2.24, 2.45) is 11.8 Å². The quantitative estimate of drug-likeness (QED) is 0.888. The van der Waals surface area contributed by atoms with Gasteiger partial charge in [0.15, 0.2) is 0 Å². The van der Waals surface area contributed by atoms with Gasteiger partial charge in [0.05, 0.1) is 0 Å². The summed E-state index contributed by atoms with van der Waals surface area (Å²) in [7, 11) is 1.88. The van der Waals surface area contributed by atoms with E-state index in [0.717, 1.165) is 24.9 Å². The van der Waals surface area contributed by atoms with Crippen LogP contribution in [0.2, 0.25) is 0 Å². The third-order valence-electron chi connectivity index (χ3n) is 5.30. The normalized spacial score (nSPS) is 26.5. The summed E-state index contributed by atoms with van der Waals surface area (Å²) in [5, 5.41) is 12.4. The van der Waals surface area contributed by atoms with E-state index in [9.17, 15) is 14.7 Å². The van der Waals surface area contributed by atoms with E-state index in [1.54, 1.807) is 18.2 Å². The van der Waals surface area contributed by atoms with E-state index in [1.807, 2.05) is 18.0 Å². The molecule has 1 saturated carbocycles. The average Bonchev–Trinajstić information content (AvgIpc) is 2.95. The topological polar surface area (TPSA) is 69.6 Å². The molecule has 1 aliphatic carbocycles. The van der Waals surface area contributed by atoms with E-state index in [1.165, 1.54) is 0 Å².